The maximum Gasteiger partial charge on any atom is 0.261 e. The summed E-state index contributed by atoms with van der Waals surface area (Å²) in [6.45, 7) is 5.45. The van der Waals surface area contributed by atoms with Crippen LogP contribution in [0.3, 0.4) is 0 Å². The van der Waals surface area contributed by atoms with Crippen LogP contribution in [-0.2, 0) is 10.0 Å². The molecule has 4 rings (SSSR count). The van der Waals surface area contributed by atoms with E-state index in [0.29, 0.717) is 34.7 Å². The molecule has 0 unspecified atom stereocenters. The van der Waals surface area contributed by atoms with Gasteiger partial charge in [0, 0.05) is 24.1 Å². The van der Waals surface area contributed by atoms with Gasteiger partial charge in [-0.2, -0.15) is 4.98 Å². The third-order valence-corrected chi connectivity index (χ3v) is 6.26. The summed E-state index contributed by atoms with van der Waals surface area (Å²) < 4.78 is 40.9. The maximum absolute atomic E-state index is 12.7. The summed E-state index contributed by atoms with van der Waals surface area (Å²) in [5.41, 5.74) is 1.14. The highest BCUT2D eigenvalue weighted by Gasteiger charge is 2.16. The second-order valence-corrected chi connectivity index (χ2v) is 9.00. The average molecular weight is 466 g/mol. The summed E-state index contributed by atoms with van der Waals surface area (Å²) in [7, 11) is -2.21. The van der Waals surface area contributed by atoms with Gasteiger partial charge in [-0.15, -0.1) is 0 Å². The normalized spacial score (nSPS) is 11.3. The molecule has 33 heavy (non-hydrogen) atoms. The van der Waals surface area contributed by atoms with Crippen LogP contribution in [0.4, 0.5) is 5.69 Å². The minimum Gasteiger partial charge on any atom is -0.496 e. The minimum atomic E-state index is -3.75. The van der Waals surface area contributed by atoms with E-state index in [2.05, 4.69) is 19.7 Å². The topological polar surface area (TPSA) is 108 Å². The standard InChI is InChI=1S/C23H23N5O4S/c1-15-13-20(9-10-21(15)31-4)33(29,30)27-18-5-7-19(8-6-18)32-23-14-22(25-16(2)26-23)28-12-11-24-17(28)3/h5-14,27H,1-4H3. The van der Waals surface area contributed by atoms with Crippen molar-refractivity contribution in [2.75, 3.05) is 11.8 Å². The van der Waals surface area contributed by atoms with Crippen LogP contribution in [0.15, 0.2) is 65.8 Å². The Morgan fingerprint density at radius 1 is 0.970 bits per heavy atom. The predicted molar refractivity (Wildman–Crippen MR) is 124 cm³/mol. The second-order valence-electron chi connectivity index (χ2n) is 7.32. The summed E-state index contributed by atoms with van der Waals surface area (Å²) in [6, 6.07) is 13.0. The smallest absolute Gasteiger partial charge is 0.261 e. The van der Waals surface area contributed by atoms with E-state index < -0.39 is 10.0 Å². The number of sulfonamides is 1. The zero-order valence-corrected chi connectivity index (χ0v) is 19.4. The lowest BCUT2D eigenvalue weighted by Crippen LogP contribution is -2.13. The van der Waals surface area contributed by atoms with Gasteiger partial charge >= 0.3 is 0 Å². The molecule has 2 heterocycles. The van der Waals surface area contributed by atoms with Crippen molar-refractivity contribution in [1.29, 1.82) is 0 Å². The molecule has 9 nitrogen and oxygen atoms in total. The molecule has 170 valence electrons. The lowest BCUT2D eigenvalue weighted by atomic mass is 10.2. The van der Waals surface area contributed by atoms with Crippen LogP contribution in [0.5, 0.6) is 17.4 Å². The van der Waals surface area contributed by atoms with Gasteiger partial charge in [0.05, 0.1) is 12.0 Å². The van der Waals surface area contributed by atoms with E-state index in [4.69, 9.17) is 9.47 Å². The Labute approximate surface area is 192 Å². The highest BCUT2D eigenvalue weighted by atomic mass is 32.2. The molecule has 0 aliphatic heterocycles. The zero-order valence-electron chi connectivity index (χ0n) is 18.6. The number of aryl methyl sites for hydroxylation is 3. The summed E-state index contributed by atoms with van der Waals surface area (Å²) in [5.74, 6) is 3.49. The molecule has 0 aliphatic rings. The number of hydrogen-bond donors (Lipinski definition) is 1. The van der Waals surface area contributed by atoms with Crippen molar-refractivity contribution in [1.82, 2.24) is 19.5 Å². The van der Waals surface area contributed by atoms with Gasteiger partial charge in [-0.1, -0.05) is 0 Å². The van der Waals surface area contributed by atoms with E-state index >= 15 is 0 Å². The molecule has 0 atom stereocenters. The molecule has 0 spiro atoms. The van der Waals surface area contributed by atoms with Crippen LogP contribution in [-0.4, -0.2) is 35.0 Å². The number of hydrogen-bond acceptors (Lipinski definition) is 7. The van der Waals surface area contributed by atoms with Crippen molar-refractivity contribution in [2.45, 2.75) is 25.7 Å². The Kier molecular flexibility index (Phi) is 6.01. The Bertz CT molecular complexity index is 1400. The number of rotatable bonds is 7. The zero-order chi connectivity index (χ0) is 23.6. The Hall–Kier alpha value is -3.92. The molecule has 0 saturated heterocycles. The van der Waals surface area contributed by atoms with Gasteiger partial charge in [0.2, 0.25) is 5.88 Å². The monoisotopic (exact) mass is 465 g/mol. The molecule has 0 fully saturated rings. The maximum atomic E-state index is 12.7. The van der Waals surface area contributed by atoms with E-state index in [-0.39, 0.29) is 4.90 Å². The Morgan fingerprint density at radius 2 is 1.73 bits per heavy atom. The average Bonchev–Trinajstić information content (AvgIpc) is 3.20. The number of anilines is 1. The first-order chi connectivity index (χ1) is 15.7. The molecule has 0 amide bonds. The number of methoxy groups -OCH3 is 1. The van der Waals surface area contributed by atoms with Crippen molar-refractivity contribution < 1.29 is 17.9 Å². The molecule has 2 aromatic heterocycles. The van der Waals surface area contributed by atoms with Crippen molar-refractivity contribution in [3.63, 3.8) is 0 Å². The number of nitrogens with zero attached hydrogens (tertiary/aromatic N) is 4. The van der Waals surface area contributed by atoms with Gasteiger partial charge in [-0.3, -0.25) is 9.29 Å². The lowest BCUT2D eigenvalue weighted by molar-refractivity contribution is 0.411. The summed E-state index contributed by atoms with van der Waals surface area (Å²) >= 11 is 0. The first kappa shape index (κ1) is 22.3. The van der Waals surface area contributed by atoms with Crippen LogP contribution >= 0.6 is 0 Å². The fraction of sp³-hybridized carbons (Fsp3) is 0.174. The van der Waals surface area contributed by atoms with Crippen molar-refractivity contribution in [2.24, 2.45) is 0 Å². The third kappa shape index (κ3) is 4.96. The lowest BCUT2D eigenvalue weighted by Gasteiger charge is -2.12. The molecule has 0 radical (unpaired) electrons. The third-order valence-electron chi connectivity index (χ3n) is 4.88. The van der Waals surface area contributed by atoms with Crippen LogP contribution in [0.1, 0.15) is 17.2 Å². The van der Waals surface area contributed by atoms with Crippen molar-refractivity contribution in [3.05, 3.63) is 78.1 Å². The summed E-state index contributed by atoms with van der Waals surface area (Å²) in [4.78, 5) is 13.1. The molecule has 4 aromatic rings. The number of imidazole rings is 1. The number of aromatic nitrogens is 4. The van der Waals surface area contributed by atoms with Gasteiger partial charge in [-0.05, 0) is 68.8 Å². The minimum absolute atomic E-state index is 0.153. The molecule has 0 aliphatic carbocycles. The molecule has 0 saturated carbocycles. The summed E-state index contributed by atoms with van der Waals surface area (Å²) in [6.07, 6.45) is 3.51. The van der Waals surface area contributed by atoms with Crippen molar-refractivity contribution in [3.8, 4) is 23.2 Å². The highest BCUT2D eigenvalue weighted by Crippen LogP contribution is 2.26. The van der Waals surface area contributed by atoms with Crippen LogP contribution in [0.25, 0.3) is 5.82 Å². The molecular weight excluding hydrogens is 442 g/mol. The first-order valence-corrected chi connectivity index (χ1v) is 11.5. The fourth-order valence-corrected chi connectivity index (χ4v) is 4.41. The van der Waals surface area contributed by atoms with E-state index in [1.54, 1.807) is 69.6 Å². The molecule has 2 aromatic carbocycles. The van der Waals surface area contributed by atoms with Crippen LogP contribution in [0, 0.1) is 20.8 Å². The molecular formula is C23H23N5O4S. The quantitative estimate of drug-likeness (QED) is 0.436. The highest BCUT2D eigenvalue weighted by molar-refractivity contribution is 7.92. The van der Waals surface area contributed by atoms with Gasteiger partial charge < -0.3 is 9.47 Å². The van der Waals surface area contributed by atoms with Crippen LogP contribution < -0.4 is 14.2 Å². The van der Waals surface area contributed by atoms with Crippen molar-refractivity contribution >= 4 is 15.7 Å². The van der Waals surface area contributed by atoms with E-state index in [9.17, 15) is 8.42 Å². The van der Waals surface area contributed by atoms with E-state index in [0.717, 1.165) is 11.4 Å². The number of ether oxygens (including phenoxy) is 2. The van der Waals surface area contributed by atoms with Gasteiger partial charge in [0.25, 0.3) is 10.0 Å². The van der Waals surface area contributed by atoms with Gasteiger partial charge in [0.15, 0.2) is 0 Å². The Morgan fingerprint density at radius 3 is 2.36 bits per heavy atom. The number of benzene rings is 2. The Balaban J connectivity index is 1.51. The number of nitrogens with one attached hydrogen (secondary N) is 1. The summed E-state index contributed by atoms with van der Waals surface area (Å²) in [5, 5.41) is 0. The van der Waals surface area contributed by atoms with E-state index in [1.807, 2.05) is 17.7 Å². The van der Waals surface area contributed by atoms with Gasteiger partial charge in [-0.25, -0.2) is 18.4 Å². The largest absolute Gasteiger partial charge is 0.496 e. The fourth-order valence-electron chi connectivity index (χ4n) is 3.26. The predicted octanol–water partition coefficient (Wildman–Crippen LogP) is 4.19. The van der Waals surface area contributed by atoms with Crippen LogP contribution in [0.2, 0.25) is 0 Å². The molecule has 10 heteroatoms. The van der Waals surface area contributed by atoms with Gasteiger partial charge in [0.1, 0.15) is 29.0 Å². The van der Waals surface area contributed by atoms with E-state index in [1.165, 1.54) is 6.07 Å². The SMILES string of the molecule is COc1ccc(S(=O)(=O)Nc2ccc(Oc3cc(-n4ccnc4C)nc(C)n3)cc2)cc1C. The second kappa shape index (κ2) is 8.91. The first-order valence-electron chi connectivity index (χ1n) is 10.1. The molecule has 0 bridgehead atoms. The molecule has 1 N–H and O–H groups in total.